The summed E-state index contributed by atoms with van der Waals surface area (Å²) >= 11 is 0.949. The number of esters is 1. The molecule has 0 fully saturated rings. The van der Waals surface area contributed by atoms with E-state index in [1.165, 1.54) is 34.9 Å². The third-order valence-corrected chi connectivity index (χ3v) is 6.92. The molecule has 11 nitrogen and oxygen atoms in total. The van der Waals surface area contributed by atoms with Crippen LogP contribution >= 0.6 is 11.3 Å². The maximum atomic E-state index is 12.7. The Labute approximate surface area is 197 Å². The molecule has 176 valence electrons. The number of rotatable bonds is 6. The molecule has 2 N–H and O–H groups in total. The molecule has 1 aliphatic heterocycles. The van der Waals surface area contributed by atoms with E-state index in [0.717, 1.165) is 16.2 Å². The van der Waals surface area contributed by atoms with Crippen LogP contribution in [0, 0.1) is 0 Å². The number of amides is 3. The summed E-state index contributed by atoms with van der Waals surface area (Å²) in [6.45, 7) is 0.899. The van der Waals surface area contributed by atoms with Crippen LogP contribution in [0.15, 0.2) is 52.4 Å². The van der Waals surface area contributed by atoms with Crippen LogP contribution in [0.3, 0.4) is 0 Å². The second-order valence-electron chi connectivity index (χ2n) is 7.20. The Balaban J connectivity index is 1.72. The molecular weight excluding hydrogens is 484 g/mol. The molecule has 4 rings (SSSR count). The molecule has 2 aromatic carbocycles. The summed E-state index contributed by atoms with van der Waals surface area (Å²) in [5.74, 6) is -2.59. The van der Waals surface area contributed by atoms with Crippen LogP contribution < -0.4 is 9.94 Å². The Hall–Kier alpha value is -3.68. The number of sulfonamides is 1. The number of fused-ring (bicyclic) bond motifs is 2. The van der Waals surface area contributed by atoms with Crippen molar-refractivity contribution in [3.05, 3.63) is 58.4 Å². The first-order chi connectivity index (χ1) is 16.1. The monoisotopic (exact) mass is 502 g/mol. The number of nitrogens with zero attached hydrogens (tertiary/aromatic N) is 3. The summed E-state index contributed by atoms with van der Waals surface area (Å²) in [4.78, 5) is 54.6. The molecule has 3 amide bonds. The van der Waals surface area contributed by atoms with E-state index >= 15 is 0 Å². The number of carbonyl (C=O) groups is 4. The molecule has 3 aromatic rings. The van der Waals surface area contributed by atoms with Gasteiger partial charge in [-0.25, -0.2) is 13.6 Å². The lowest BCUT2D eigenvalue weighted by Crippen LogP contribution is -2.35. The van der Waals surface area contributed by atoms with Crippen molar-refractivity contribution >= 4 is 55.3 Å². The van der Waals surface area contributed by atoms with Gasteiger partial charge in [0.2, 0.25) is 10.0 Å². The predicted octanol–water partition coefficient (Wildman–Crippen LogP) is 0.637. The third kappa shape index (κ3) is 4.40. The maximum absolute atomic E-state index is 12.7. The molecule has 0 saturated carbocycles. The number of imide groups is 1. The normalized spacial score (nSPS) is 14.1. The van der Waals surface area contributed by atoms with Gasteiger partial charge in [0.1, 0.15) is 13.1 Å². The van der Waals surface area contributed by atoms with Crippen molar-refractivity contribution in [1.29, 1.82) is 0 Å². The second-order valence-corrected chi connectivity index (χ2v) is 9.77. The Morgan fingerprint density at radius 2 is 1.71 bits per heavy atom. The molecule has 0 unspecified atom stereocenters. The number of hydrogen-bond donors (Lipinski definition) is 1. The van der Waals surface area contributed by atoms with Gasteiger partial charge in [0.15, 0.2) is 4.80 Å². The highest BCUT2D eigenvalue weighted by molar-refractivity contribution is 7.89. The van der Waals surface area contributed by atoms with Crippen LogP contribution in [-0.2, 0) is 30.9 Å². The van der Waals surface area contributed by atoms with Crippen LogP contribution in [-0.4, -0.2) is 54.7 Å². The quantitative estimate of drug-likeness (QED) is 0.382. The average Bonchev–Trinajstić information content (AvgIpc) is 3.23. The van der Waals surface area contributed by atoms with E-state index in [9.17, 15) is 27.6 Å². The highest BCUT2D eigenvalue weighted by Crippen LogP contribution is 2.23. The highest BCUT2D eigenvalue weighted by Gasteiger charge is 2.36. The summed E-state index contributed by atoms with van der Waals surface area (Å²) in [6, 6.07) is 10.3. The number of primary sulfonamides is 1. The fourth-order valence-electron chi connectivity index (χ4n) is 3.46. The van der Waals surface area contributed by atoms with Gasteiger partial charge in [0, 0.05) is 0 Å². The molecular formula is C21H18N4O7S2. The van der Waals surface area contributed by atoms with Crippen molar-refractivity contribution < 1.29 is 32.3 Å². The summed E-state index contributed by atoms with van der Waals surface area (Å²) in [5, 5.41) is 5.20. The van der Waals surface area contributed by atoms with E-state index in [0.29, 0.717) is 10.2 Å². The van der Waals surface area contributed by atoms with Gasteiger partial charge in [-0.2, -0.15) is 4.99 Å². The Kier molecular flexibility index (Phi) is 6.17. The summed E-state index contributed by atoms with van der Waals surface area (Å²) < 4.78 is 30.2. The fourth-order valence-corrected chi connectivity index (χ4v) is 5.16. The zero-order valence-electron chi connectivity index (χ0n) is 17.8. The van der Waals surface area contributed by atoms with E-state index in [1.807, 2.05) is 0 Å². The van der Waals surface area contributed by atoms with Crippen LogP contribution in [0.25, 0.3) is 10.2 Å². The molecule has 0 spiro atoms. The smallest absolute Gasteiger partial charge is 0.326 e. The van der Waals surface area contributed by atoms with E-state index in [1.54, 1.807) is 19.1 Å². The molecule has 1 aromatic heterocycles. The largest absolute Gasteiger partial charge is 0.465 e. The molecule has 0 saturated heterocycles. The first-order valence-electron chi connectivity index (χ1n) is 9.94. The van der Waals surface area contributed by atoms with Crippen molar-refractivity contribution in [2.75, 3.05) is 13.2 Å². The lowest BCUT2D eigenvalue weighted by atomic mass is 10.1. The van der Waals surface area contributed by atoms with Crippen LogP contribution in [0.1, 0.15) is 27.6 Å². The molecule has 0 aliphatic carbocycles. The first kappa shape index (κ1) is 23.5. The highest BCUT2D eigenvalue weighted by atomic mass is 32.2. The fraction of sp³-hybridized carbons (Fsp3) is 0.190. The predicted molar refractivity (Wildman–Crippen MR) is 120 cm³/mol. The Morgan fingerprint density at radius 3 is 2.29 bits per heavy atom. The SMILES string of the molecule is CCOC(=O)Cn1c(=NC(=O)CN2C(=O)c3ccccc3C2=O)sc2cc(S(N)(=O)=O)ccc21. The van der Waals surface area contributed by atoms with Gasteiger partial charge in [-0.15, -0.1) is 0 Å². The maximum Gasteiger partial charge on any atom is 0.326 e. The molecule has 0 radical (unpaired) electrons. The third-order valence-electron chi connectivity index (χ3n) is 4.97. The summed E-state index contributed by atoms with van der Waals surface area (Å²) in [7, 11) is -3.98. The topological polar surface area (TPSA) is 158 Å². The lowest BCUT2D eigenvalue weighted by molar-refractivity contribution is -0.143. The zero-order valence-corrected chi connectivity index (χ0v) is 19.4. The minimum Gasteiger partial charge on any atom is -0.465 e. The minimum atomic E-state index is -3.98. The number of aromatic nitrogens is 1. The molecule has 2 heterocycles. The number of carbonyl (C=O) groups excluding carboxylic acids is 4. The van der Waals surface area contributed by atoms with Crippen LogP contribution in [0.2, 0.25) is 0 Å². The number of hydrogen-bond acceptors (Lipinski definition) is 8. The summed E-state index contributed by atoms with van der Waals surface area (Å²) in [5.41, 5.74) is 0.836. The summed E-state index contributed by atoms with van der Waals surface area (Å²) in [6.07, 6.45) is 0. The van der Waals surface area contributed by atoms with E-state index in [-0.39, 0.29) is 34.0 Å². The minimum absolute atomic E-state index is 0.0660. The molecule has 1 aliphatic rings. The van der Waals surface area contributed by atoms with Crippen molar-refractivity contribution in [2.24, 2.45) is 10.1 Å². The van der Waals surface area contributed by atoms with Crippen molar-refractivity contribution in [3.63, 3.8) is 0 Å². The number of benzene rings is 2. The van der Waals surface area contributed by atoms with E-state index in [2.05, 4.69) is 4.99 Å². The van der Waals surface area contributed by atoms with Crippen LogP contribution in [0.5, 0.6) is 0 Å². The molecule has 13 heteroatoms. The Morgan fingerprint density at radius 1 is 1.06 bits per heavy atom. The second kappa shape index (κ2) is 8.93. The zero-order chi connectivity index (χ0) is 24.6. The van der Waals surface area contributed by atoms with Gasteiger partial charge >= 0.3 is 5.97 Å². The molecule has 34 heavy (non-hydrogen) atoms. The van der Waals surface area contributed by atoms with Gasteiger partial charge in [-0.3, -0.25) is 24.1 Å². The Bertz CT molecular complexity index is 1500. The van der Waals surface area contributed by atoms with Gasteiger partial charge in [-0.05, 0) is 37.3 Å². The van der Waals surface area contributed by atoms with Crippen molar-refractivity contribution in [1.82, 2.24) is 9.47 Å². The van der Waals surface area contributed by atoms with Crippen molar-refractivity contribution in [2.45, 2.75) is 18.4 Å². The number of thiazole rings is 1. The van der Waals surface area contributed by atoms with Gasteiger partial charge in [0.05, 0.1) is 32.8 Å². The van der Waals surface area contributed by atoms with Gasteiger partial charge in [-0.1, -0.05) is 23.5 Å². The number of nitrogens with two attached hydrogens (primary N) is 1. The average molecular weight is 503 g/mol. The van der Waals surface area contributed by atoms with E-state index < -0.39 is 40.3 Å². The standard InChI is InChI=1S/C21H18N4O7S2/c1-2-32-18(27)11-24-15-8-7-12(34(22,30)31)9-16(15)33-21(24)23-17(26)10-25-19(28)13-5-3-4-6-14(13)20(25)29/h3-9H,2,10-11H2,1H3,(H2,22,30,31). The van der Waals surface area contributed by atoms with E-state index in [4.69, 9.17) is 9.88 Å². The van der Waals surface area contributed by atoms with Crippen molar-refractivity contribution in [3.8, 4) is 0 Å². The molecule has 0 atom stereocenters. The first-order valence-corrected chi connectivity index (χ1v) is 12.3. The lowest BCUT2D eigenvalue weighted by Gasteiger charge is -2.10. The van der Waals surface area contributed by atoms with Gasteiger partial charge in [0.25, 0.3) is 17.7 Å². The van der Waals surface area contributed by atoms with Crippen LogP contribution in [0.4, 0.5) is 0 Å². The molecule has 0 bridgehead atoms. The van der Waals surface area contributed by atoms with Gasteiger partial charge < -0.3 is 9.30 Å². The number of ether oxygens (including phenoxy) is 1.